The van der Waals surface area contributed by atoms with Crippen LogP contribution < -0.4 is 0 Å². The number of hydrogen-bond donors (Lipinski definition) is 1. The van der Waals surface area contributed by atoms with E-state index in [1.54, 1.807) is 23.1 Å². The molecular formula is C12H13BrClNO3. The highest BCUT2D eigenvalue weighted by atomic mass is 79.9. The standard InChI is InChI=1S/C12H13BrClNO3/c13-11-2-1-8(14)5-10(11)12(17)15-3-4-18-7-9(15)6-16/h1-2,5,9,16H,3-4,6-7H2. The first-order chi connectivity index (χ1) is 8.63. The average Bonchev–Trinajstić information content (AvgIpc) is 2.40. The van der Waals surface area contributed by atoms with E-state index in [0.717, 1.165) is 0 Å². The van der Waals surface area contributed by atoms with Crippen LogP contribution in [-0.2, 0) is 4.74 Å². The third kappa shape index (κ3) is 2.85. The molecule has 6 heteroatoms. The Labute approximate surface area is 119 Å². The Balaban J connectivity index is 2.26. The molecular weight excluding hydrogens is 321 g/mol. The molecule has 1 atom stereocenters. The van der Waals surface area contributed by atoms with Crippen molar-refractivity contribution in [2.24, 2.45) is 0 Å². The third-order valence-electron chi connectivity index (χ3n) is 2.86. The van der Waals surface area contributed by atoms with Crippen LogP contribution in [0.3, 0.4) is 0 Å². The molecule has 1 fully saturated rings. The highest BCUT2D eigenvalue weighted by Gasteiger charge is 2.28. The van der Waals surface area contributed by atoms with Crippen molar-refractivity contribution in [2.45, 2.75) is 6.04 Å². The van der Waals surface area contributed by atoms with E-state index in [9.17, 15) is 9.90 Å². The van der Waals surface area contributed by atoms with E-state index >= 15 is 0 Å². The van der Waals surface area contributed by atoms with Gasteiger partial charge in [0.1, 0.15) is 0 Å². The predicted octanol–water partition coefficient (Wildman–Crippen LogP) is 1.94. The Morgan fingerprint density at radius 1 is 1.61 bits per heavy atom. The molecule has 1 aromatic carbocycles. The number of aliphatic hydroxyl groups is 1. The summed E-state index contributed by atoms with van der Waals surface area (Å²) < 4.78 is 5.95. The summed E-state index contributed by atoms with van der Waals surface area (Å²) in [6.07, 6.45) is 0. The van der Waals surface area contributed by atoms with Crippen molar-refractivity contribution in [3.63, 3.8) is 0 Å². The molecule has 0 radical (unpaired) electrons. The van der Waals surface area contributed by atoms with Crippen LogP contribution in [0.25, 0.3) is 0 Å². The number of benzene rings is 1. The molecule has 1 heterocycles. The maximum Gasteiger partial charge on any atom is 0.255 e. The molecule has 4 nitrogen and oxygen atoms in total. The van der Waals surface area contributed by atoms with Gasteiger partial charge >= 0.3 is 0 Å². The maximum absolute atomic E-state index is 12.4. The lowest BCUT2D eigenvalue weighted by Crippen LogP contribution is -2.50. The molecule has 98 valence electrons. The molecule has 1 aliphatic rings. The minimum atomic E-state index is -0.294. The molecule has 1 unspecified atom stereocenters. The maximum atomic E-state index is 12.4. The summed E-state index contributed by atoms with van der Waals surface area (Å²) >= 11 is 9.24. The first kappa shape index (κ1) is 13.8. The lowest BCUT2D eigenvalue weighted by atomic mass is 10.1. The molecule has 1 saturated heterocycles. The van der Waals surface area contributed by atoms with Crippen LogP contribution >= 0.6 is 27.5 Å². The Kier molecular flexibility index (Phi) is 4.61. The van der Waals surface area contributed by atoms with E-state index in [4.69, 9.17) is 16.3 Å². The van der Waals surface area contributed by atoms with Crippen LogP contribution in [0.4, 0.5) is 0 Å². The van der Waals surface area contributed by atoms with Gasteiger partial charge in [0.2, 0.25) is 0 Å². The molecule has 18 heavy (non-hydrogen) atoms. The minimum absolute atomic E-state index is 0.107. The number of halogens is 2. The number of rotatable bonds is 2. The average molecular weight is 335 g/mol. The van der Waals surface area contributed by atoms with Gasteiger partial charge in [-0.3, -0.25) is 4.79 Å². The number of nitrogens with zero attached hydrogens (tertiary/aromatic N) is 1. The van der Waals surface area contributed by atoms with Crippen LogP contribution in [0.15, 0.2) is 22.7 Å². The van der Waals surface area contributed by atoms with Gasteiger partial charge in [0.05, 0.1) is 31.4 Å². The van der Waals surface area contributed by atoms with Gasteiger partial charge in [0.15, 0.2) is 0 Å². The monoisotopic (exact) mass is 333 g/mol. The third-order valence-corrected chi connectivity index (χ3v) is 3.78. The van der Waals surface area contributed by atoms with Gasteiger partial charge in [-0.25, -0.2) is 0 Å². The normalized spacial score (nSPS) is 19.9. The second-order valence-corrected chi connectivity index (χ2v) is 5.32. The molecule has 2 rings (SSSR count). The molecule has 0 spiro atoms. The Morgan fingerprint density at radius 3 is 3.11 bits per heavy atom. The van der Waals surface area contributed by atoms with Crippen LogP contribution in [0, 0.1) is 0 Å². The molecule has 0 saturated carbocycles. The van der Waals surface area contributed by atoms with E-state index in [0.29, 0.717) is 34.8 Å². The molecule has 0 aromatic heterocycles. The van der Waals surface area contributed by atoms with E-state index < -0.39 is 0 Å². The first-order valence-corrected chi connectivity index (χ1v) is 6.75. The van der Waals surface area contributed by atoms with E-state index in [-0.39, 0.29) is 18.6 Å². The number of carbonyl (C=O) groups is 1. The summed E-state index contributed by atoms with van der Waals surface area (Å²) in [4.78, 5) is 14.0. The number of aliphatic hydroxyl groups excluding tert-OH is 1. The summed E-state index contributed by atoms with van der Waals surface area (Å²) in [7, 11) is 0. The van der Waals surface area contributed by atoms with Crippen molar-refractivity contribution in [3.8, 4) is 0 Å². The van der Waals surface area contributed by atoms with Crippen LogP contribution in [0.1, 0.15) is 10.4 Å². The lowest BCUT2D eigenvalue weighted by molar-refractivity contribution is -0.0184. The Hall–Kier alpha value is -0.620. The van der Waals surface area contributed by atoms with Gasteiger partial charge in [-0.05, 0) is 34.1 Å². The van der Waals surface area contributed by atoms with E-state index in [2.05, 4.69) is 15.9 Å². The van der Waals surface area contributed by atoms with Crippen LogP contribution in [0.5, 0.6) is 0 Å². The fraction of sp³-hybridized carbons (Fsp3) is 0.417. The van der Waals surface area contributed by atoms with Gasteiger partial charge < -0.3 is 14.7 Å². The quantitative estimate of drug-likeness (QED) is 0.899. The SMILES string of the molecule is O=C(c1cc(Cl)ccc1Br)N1CCOCC1CO. The van der Waals surface area contributed by atoms with Gasteiger partial charge in [0, 0.05) is 16.0 Å². The van der Waals surface area contributed by atoms with Gasteiger partial charge in [-0.2, -0.15) is 0 Å². The van der Waals surface area contributed by atoms with Crippen molar-refractivity contribution in [1.29, 1.82) is 0 Å². The van der Waals surface area contributed by atoms with Crippen LogP contribution in [-0.4, -0.2) is 48.3 Å². The highest BCUT2D eigenvalue weighted by molar-refractivity contribution is 9.10. The Morgan fingerprint density at radius 2 is 2.39 bits per heavy atom. The van der Waals surface area contributed by atoms with Crippen molar-refractivity contribution in [1.82, 2.24) is 4.90 Å². The number of hydrogen-bond acceptors (Lipinski definition) is 3. The molecule has 1 aliphatic heterocycles. The first-order valence-electron chi connectivity index (χ1n) is 5.58. The number of amides is 1. The molecule has 1 aromatic rings. The molecule has 1 amide bonds. The lowest BCUT2D eigenvalue weighted by Gasteiger charge is -2.34. The second-order valence-electron chi connectivity index (χ2n) is 4.03. The fourth-order valence-corrected chi connectivity index (χ4v) is 2.48. The second kappa shape index (κ2) is 6.02. The van der Waals surface area contributed by atoms with Crippen LogP contribution in [0.2, 0.25) is 5.02 Å². The molecule has 0 aliphatic carbocycles. The topological polar surface area (TPSA) is 49.8 Å². The number of carbonyl (C=O) groups excluding carboxylic acids is 1. The smallest absolute Gasteiger partial charge is 0.255 e. The predicted molar refractivity (Wildman–Crippen MR) is 71.9 cm³/mol. The zero-order valence-corrected chi connectivity index (χ0v) is 11.9. The summed E-state index contributed by atoms with van der Waals surface area (Å²) in [5, 5.41) is 9.78. The van der Waals surface area contributed by atoms with E-state index in [1.165, 1.54) is 0 Å². The number of ether oxygens (including phenoxy) is 1. The highest BCUT2D eigenvalue weighted by Crippen LogP contribution is 2.24. The summed E-state index contributed by atoms with van der Waals surface area (Å²) in [5.41, 5.74) is 0.503. The molecule has 1 N–H and O–H groups in total. The fourth-order valence-electron chi connectivity index (χ4n) is 1.89. The van der Waals surface area contributed by atoms with Gasteiger partial charge in [0.25, 0.3) is 5.91 Å². The Bertz CT molecular complexity index is 455. The van der Waals surface area contributed by atoms with Gasteiger partial charge in [-0.15, -0.1) is 0 Å². The van der Waals surface area contributed by atoms with Crippen molar-refractivity contribution in [2.75, 3.05) is 26.4 Å². The largest absolute Gasteiger partial charge is 0.394 e. The van der Waals surface area contributed by atoms with Crippen molar-refractivity contribution >= 4 is 33.4 Å². The van der Waals surface area contributed by atoms with Crippen molar-refractivity contribution < 1.29 is 14.6 Å². The molecule has 0 bridgehead atoms. The van der Waals surface area contributed by atoms with Gasteiger partial charge in [-0.1, -0.05) is 11.6 Å². The van der Waals surface area contributed by atoms with Crippen molar-refractivity contribution in [3.05, 3.63) is 33.3 Å². The zero-order valence-electron chi connectivity index (χ0n) is 9.60. The van der Waals surface area contributed by atoms with E-state index in [1.807, 2.05) is 0 Å². The zero-order chi connectivity index (χ0) is 13.1. The summed E-state index contributed by atoms with van der Waals surface area (Å²) in [5.74, 6) is -0.147. The summed E-state index contributed by atoms with van der Waals surface area (Å²) in [6.45, 7) is 1.22. The minimum Gasteiger partial charge on any atom is -0.394 e. The summed E-state index contributed by atoms with van der Waals surface area (Å²) in [6, 6.07) is 4.78. The number of morpholine rings is 1.